The van der Waals surface area contributed by atoms with Gasteiger partial charge >= 0.3 is 0 Å². The van der Waals surface area contributed by atoms with E-state index < -0.39 is 11.1 Å². The molecule has 4 unspecified atom stereocenters. The van der Waals surface area contributed by atoms with Gasteiger partial charge in [0.25, 0.3) is 0 Å². The summed E-state index contributed by atoms with van der Waals surface area (Å²) in [5, 5.41) is 0. The molecule has 4 atom stereocenters. The fourth-order valence-electron chi connectivity index (χ4n) is 3.99. The number of rotatable bonds is 5. The Morgan fingerprint density at radius 2 is 1.88 bits per heavy atom. The normalized spacial score (nSPS) is 26.1. The minimum Gasteiger partial charge on any atom is -0.488 e. The lowest BCUT2D eigenvalue weighted by atomic mass is 9.98. The summed E-state index contributed by atoms with van der Waals surface area (Å²) in [6.45, 7) is 0.647. The second-order valence-electron chi connectivity index (χ2n) is 7.17. The van der Waals surface area contributed by atoms with Gasteiger partial charge in [-0.3, -0.25) is 0 Å². The number of hydrogen-bond acceptors (Lipinski definition) is 3. The van der Waals surface area contributed by atoms with Crippen molar-refractivity contribution in [1.82, 2.24) is 0 Å². The van der Waals surface area contributed by atoms with Crippen molar-refractivity contribution in [3.8, 4) is 5.75 Å². The van der Waals surface area contributed by atoms with Gasteiger partial charge in [-0.25, -0.2) is 4.21 Å². The zero-order valence-electron chi connectivity index (χ0n) is 14.7. The fraction of sp³-hybridized carbons (Fsp3) is 0.429. The number of ether oxygens (including phenoxy) is 2. The molecule has 5 heteroatoms. The second-order valence-corrected chi connectivity index (χ2v) is 8.14. The van der Waals surface area contributed by atoms with E-state index in [1.807, 2.05) is 24.3 Å². The van der Waals surface area contributed by atoms with Crippen molar-refractivity contribution >= 4 is 11.1 Å². The summed E-state index contributed by atoms with van der Waals surface area (Å²) in [6.07, 6.45) is 5.63. The van der Waals surface area contributed by atoms with Crippen molar-refractivity contribution in [3.63, 3.8) is 0 Å². The van der Waals surface area contributed by atoms with Crippen LogP contribution in [0.2, 0.25) is 0 Å². The molecule has 138 valence electrons. The first-order valence-electron chi connectivity index (χ1n) is 9.26. The van der Waals surface area contributed by atoms with Crippen molar-refractivity contribution in [3.05, 3.63) is 59.7 Å². The summed E-state index contributed by atoms with van der Waals surface area (Å²) < 4.78 is 32.4. The molecule has 1 heterocycles. The average Bonchev–Trinajstić information content (AvgIpc) is 3.15. The number of fused-ring (bicyclic) bond motifs is 1. The maximum atomic E-state index is 11.1. The number of hydrogen-bond donors (Lipinski definition) is 1. The molecule has 0 radical (unpaired) electrons. The quantitative estimate of drug-likeness (QED) is 0.795. The predicted octanol–water partition coefficient (Wildman–Crippen LogP) is 4.31. The molecule has 2 aliphatic rings. The highest BCUT2D eigenvalue weighted by atomic mass is 32.2. The molecule has 1 aliphatic carbocycles. The third kappa shape index (κ3) is 4.00. The molecule has 1 saturated carbocycles. The fourth-order valence-corrected chi connectivity index (χ4v) is 4.36. The van der Waals surface area contributed by atoms with Gasteiger partial charge in [0.2, 0.25) is 0 Å². The van der Waals surface area contributed by atoms with Gasteiger partial charge in [-0.05, 0) is 67.3 Å². The Balaban J connectivity index is 1.28. The zero-order valence-corrected chi connectivity index (χ0v) is 15.5. The maximum Gasteiger partial charge on any atom is 0.186 e. The third-order valence-electron chi connectivity index (χ3n) is 5.46. The Labute approximate surface area is 156 Å². The third-order valence-corrected chi connectivity index (χ3v) is 6.13. The molecule has 1 aliphatic heterocycles. The van der Waals surface area contributed by atoms with Gasteiger partial charge in [-0.1, -0.05) is 30.3 Å². The summed E-state index contributed by atoms with van der Waals surface area (Å²) in [5.74, 6) is 1.46. The van der Waals surface area contributed by atoms with Gasteiger partial charge in [0.1, 0.15) is 11.9 Å². The summed E-state index contributed by atoms with van der Waals surface area (Å²) in [4.78, 5) is 0.453. The lowest BCUT2D eigenvalue weighted by Gasteiger charge is -2.27. The van der Waals surface area contributed by atoms with E-state index in [2.05, 4.69) is 12.1 Å². The van der Waals surface area contributed by atoms with Crippen LogP contribution in [-0.4, -0.2) is 27.6 Å². The van der Waals surface area contributed by atoms with Crippen LogP contribution < -0.4 is 4.74 Å². The molecular weight excluding hydrogens is 348 g/mol. The van der Waals surface area contributed by atoms with Gasteiger partial charge in [-0.2, -0.15) is 0 Å². The lowest BCUT2D eigenvalue weighted by Crippen LogP contribution is -2.29. The first kappa shape index (κ1) is 17.7. The number of aryl methyl sites for hydroxylation is 1. The Morgan fingerprint density at radius 3 is 2.69 bits per heavy atom. The zero-order chi connectivity index (χ0) is 17.9. The minimum atomic E-state index is -1.91. The van der Waals surface area contributed by atoms with E-state index in [4.69, 9.17) is 14.0 Å². The molecule has 1 N–H and O–H groups in total. The van der Waals surface area contributed by atoms with Crippen LogP contribution in [0.5, 0.6) is 5.75 Å². The highest BCUT2D eigenvalue weighted by Gasteiger charge is 2.28. The first-order valence-corrected chi connectivity index (χ1v) is 10.4. The van der Waals surface area contributed by atoms with Crippen LogP contribution in [0, 0.1) is 0 Å². The summed E-state index contributed by atoms with van der Waals surface area (Å²) in [5.41, 5.74) is 2.52. The predicted molar refractivity (Wildman–Crippen MR) is 101 cm³/mol. The van der Waals surface area contributed by atoms with Crippen LogP contribution in [-0.2, 0) is 22.2 Å². The van der Waals surface area contributed by atoms with Crippen LogP contribution in [0.3, 0.4) is 0 Å². The molecular formula is C21H24O4S. The molecule has 2 aromatic rings. The second kappa shape index (κ2) is 7.91. The van der Waals surface area contributed by atoms with Gasteiger partial charge < -0.3 is 14.0 Å². The van der Waals surface area contributed by atoms with Crippen molar-refractivity contribution in [1.29, 1.82) is 0 Å². The molecule has 2 aromatic carbocycles. The lowest BCUT2D eigenvalue weighted by molar-refractivity contribution is -0.00365. The Bertz CT molecular complexity index is 774. The monoisotopic (exact) mass is 372 g/mol. The van der Waals surface area contributed by atoms with Crippen molar-refractivity contribution < 1.29 is 18.2 Å². The summed E-state index contributed by atoms with van der Waals surface area (Å²) in [6, 6.07) is 15.7. The topological polar surface area (TPSA) is 55.8 Å². The van der Waals surface area contributed by atoms with Crippen LogP contribution in [0.4, 0.5) is 0 Å². The molecule has 0 amide bonds. The summed E-state index contributed by atoms with van der Waals surface area (Å²) in [7, 11) is 0. The Hall–Kier alpha value is -1.69. The highest BCUT2D eigenvalue weighted by molar-refractivity contribution is 7.79. The van der Waals surface area contributed by atoms with E-state index in [9.17, 15) is 4.21 Å². The molecule has 4 nitrogen and oxygen atoms in total. The van der Waals surface area contributed by atoms with Gasteiger partial charge in [-0.15, -0.1) is 0 Å². The van der Waals surface area contributed by atoms with Crippen molar-refractivity contribution in [2.24, 2.45) is 0 Å². The van der Waals surface area contributed by atoms with Crippen LogP contribution >= 0.6 is 0 Å². The van der Waals surface area contributed by atoms with E-state index in [1.54, 1.807) is 12.1 Å². The summed E-state index contributed by atoms with van der Waals surface area (Å²) >= 11 is -1.91. The van der Waals surface area contributed by atoms with Gasteiger partial charge in [0.15, 0.2) is 11.1 Å². The Morgan fingerprint density at radius 1 is 1.08 bits per heavy atom. The molecule has 0 spiro atoms. The highest BCUT2D eigenvalue weighted by Crippen LogP contribution is 2.36. The Kier molecular flexibility index (Phi) is 5.38. The van der Waals surface area contributed by atoms with Gasteiger partial charge in [0.05, 0.1) is 17.6 Å². The van der Waals surface area contributed by atoms with E-state index in [-0.39, 0.29) is 12.2 Å². The minimum absolute atomic E-state index is 0.141. The van der Waals surface area contributed by atoms with Gasteiger partial charge in [0, 0.05) is 0 Å². The van der Waals surface area contributed by atoms with Crippen LogP contribution in [0.25, 0.3) is 0 Å². The number of para-hydroxylation sites is 1. The molecule has 0 saturated heterocycles. The average molecular weight is 372 g/mol. The van der Waals surface area contributed by atoms with E-state index in [1.165, 1.54) is 11.1 Å². The van der Waals surface area contributed by atoms with E-state index >= 15 is 0 Å². The van der Waals surface area contributed by atoms with Crippen molar-refractivity contribution in [2.45, 2.75) is 55.1 Å². The van der Waals surface area contributed by atoms with E-state index in [0.717, 1.165) is 37.9 Å². The largest absolute Gasteiger partial charge is 0.488 e. The molecule has 26 heavy (non-hydrogen) atoms. The first-order chi connectivity index (χ1) is 12.7. The molecule has 4 rings (SSSR count). The molecule has 1 fully saturated rings. The van der Waals surface area contributed by atoms with Crippen LogP contribution in [0.1, 0.15) is 42.7 Å². The van der Waals surface area contributed by atoms with E-state index in [0.29, 0.717) is 17.4 Å². The van der Waals surface area contributed by atoms with Crippen LogP contribution in [0.15, 0.2) is 53.4 Å². The molecule has 0 aromatic heterocycles. The van der Waals surface area contributed by atoms with Crippen molar-refractivity contribution in [2.75, 3.05) is 6.61 Å². The maximum absolute atomic E-state index is 11.1. The number of benzene rings is 2. The molecule has 0 bridgehead atoms. The SMILES string of the molecule is O=S(O)c1ccc(C2CCC(OCC3CCc4ccccc4O3)C2)cc1. The smallest absolute Gasteiger partial charge is 0.186 e. The standard InChI is InChI=1S/C21H24O4S/c22-26(23)20-11-7-15(8-12-20)17-6-9-18(13-17)24-14-19-10-5-16-3-1-2-4-21(16)25-19/h1-4,7-8,11-12,17-19H,5-6,9-10,13-14H2,(H,22,23).